The number of nitrogens with two attached hydrogens (primary N) is 1. The molecule has 1 heterocycles. The molecule has 2 aliphatic rings. The van der Waals surface area contributed by atoms with Crippen LogP contribution in [-0.2, 0) is 4.74 Å². The summed E-state index contributed by atoms with van der Waals surface area (Å²) in [5.74, 6) is -1.34. The average Bonchev–Trinajstić information content (AvgIpc) is 2.96. The van der Waals surface area contributed by atoms with Gasteiger partial charge < -0.3 is 4.74 Å². The average molecular weight is 180 g/mol. The van der Waals surface area contributed by atoms with Crippen molar-refractivity contribution in [1.29, 1.82) is 5.26 Å². The third-order valence-electron chi connectivity index (χ3n) is 2.10. The SMILES string of the molecule is N#CC1(N)OC1(N=[N+]=[N-])NC1CC1. The smallest absolute Gasteiger partial charge is 0.259 e. The van der Waals surface area contributed by atoms with E-state index in [-0.39, 0.29) is 6.04 Å². The number of epoxide rings is 1. The Morgan fingerprint density at radius 1 is 1.77 bits per heavy atom. The highest BCUT2D eigenvalue weighted by Gasteiger charge is 2.71. The molecule has 0 radical (unpaired) electrons. The van der Waals surface area contributed by atoms with Crippen LogP contribution < -0.4 is 11.1 Å². The van der Waals surface area contributed by atoms with Crippen LogP contribution in [0, 0.1) is 11.3 Å². The van der Waals surface area contributed by atoms with Crippen molar-refractivity contribution in [3.8, 4) is 6.07 Å². The summed E-state index contributed by atoms with van der Waals surface area (Å²) < 4.78 is 4.92. The molecule has 1 saturated carbocycles. The van der Waals surface area contributed by atoms with Crippen LogP contribution in [0.4, 0.5) is 0 Å². The molecular weight excluding hydrogens is 172 g/mol. The van der Waals surface area contributed by atoms with Crippen LogP contribution in [0.1, 0.15) is 12.8 Å². The molecule has 7 nitrogen and oxygen atoms in total. The molecule has 1 aliphatic carbocycles. The van der Waals surface area contributed by atoms with Gasteiger partial charge in [0.1, 0.15) is 6.07 Å². The van der Waals surface area contributed by atoms with Crippen molar-refractivity contribution >= 4 is 0 Å². The van der Waals surface area contributed by atoms with Gasteiger partial charge in [-0.05, 0) is 23.5 Å². The molecule has 0 aromatic rings. The van der Waals surface area contributed by atoms with Crippen LogP contribution in [-0.4, -0.2) is 17.6 Å². The van der Waals surface area contributed by atoms with Crippen LogP contribution in [0.2, 0.25) is 0 Å². The normalized spacial score (nSPS) is 41.8. The van der Waals surface area contributed by atoms with Crippen molar-refractivity contribution < 1.29 is 4.74 Å². The fraction of sp³-hybridized carbons (Fsp3) is 0.833. The first-order chi connectivity index (χ1) is 6.16. The summed E-state index contributed by atoms with van der Waals surface area (Å²) in [6.07, 6.45) is 1.99. The lowest BCUT2D eigenvalue weighted by Gasteiger charge is -2.07. The second kappa shape index (κ2) is 2.34. The Morgan fingerprint density at radius 3 is 2.85 bits per heavy atom. The van der Waals surface area contributed by atoms with E-state index in [0.29, 0.717) is 0 Å². The molecule has 13 heavy (non-hydrogen) atoms. The summed E-state index contributed by atoms with van der Waals surface area (Å²) in [7, 11) is 0. The maximum atomic E-state index is 8.64. The molecule has 7 heteroatoms. The lowest BCUT2D eigenvalue weighted by Crippen LogP contribution is -2.43. The molecule has 1 saturated heterocycles. The van der Waals surface area contributed by atoms with Gasteiger partial charge in [-0.15, -0.1) is 0 Å². The van der Waals surface area contributed by atoms with E-state index in [2.05, 4.69) is 15.3 Å². The van der Waals surface area contributed by atoms with Crippen LogP contribution in [0.5, 0.6) is 0 Å². The van der Waals surface area contributed by atoms with Crippen molar-refractivity contribution in [2.45, 2.75) is 30.5 Å². The second-order valence-corrected chi connectivity index (χ2v) is 3.20. The van der Waals surface area contributed by atoms with E-state index in [1.165, 1.54) is 0 Å². The van der Waals surface area contributed by atoms with Crippen LogP contribution in [0.15, 0.2) is 5.11 Å². The number of nitriles is 1. The van der Waals surface area contributed by atoms with E-state index >= 15 is 0 Å². The molecule has 0 spiro atoms. The third kappa shape index (κ3) is 1.13. The monoisotopic (exact) mass is 180 g/mol. The van der Waals surface area contributed by atoms with Gasteiger partial charge in [0.05, 0.1) is 0 Å². The van der Waals surface area contributed by atoms with Gasteiger partial charge in [0.2, 0.25) is 0 Å². The number of hydrogen-bond donors (Lipinski definition) is 2. The van der Waals surface area contributed by atoms with E-state index in [1.807, 2.05) is 0 Å². The number of ether oxygens (including phenoxy) is 1. The lowest BCUT2D eigenvalue weighted by atomic mass is 10.3. The summed E-state index contributed by atoms with van der Waals surface area (Å²) in [5.41, 5.74) is 12.3. The molecule has 2 unspecified atom stereocenters. The van der Waals surface area contributed by atoms with Crippen LogP contribution in [0.3, 0.4) is 0 Å². The van der Waals surface area contributed by atoms with Gasteiger partial charge in [-0.2, -0.15) is 5.26 Å². The lowest BCUT2D eigenvalue weighted by molar-refractivity contribution is 0.248. The van der Waals surface area contributed by atoms with E-state index in [4.69, 9.17) is 21.3 Å². The van der Waals surface area contributed by atoms with Crippen molar-refractivity contribution in [1.82, 2.24) is 5.32 Å². The molecule has 2 rings (SSSR count). The topological polar surface area (TPSA) is 123 Å². The summed E-state index contributed by atoms with van der Waals surface area (Å²) in [4.78, 5) is 2.60. The standard InChI is InChI=1S/C6H8N6O/c7-3-5(8)6(13-5,11-12-9)10-4-1-2-4/h4,10H,1-2,8H2. The van der Waals surface area contributed by atoms with Gasteiger partial charge in [-0.25, -0.2) is 0 Å². The van der Waals surface area contributed by atoms with Gasteiger partial charge in [0.15, 0.2) is 0 Å². The molecule has 3 N–H and O–H groups in total. The number of hydrogen-bond acceptors (Lipinski definition) is 5. The van der Waals surface area contributed by atoms with E-state index in [0.717, 1.165) is 12.8 Å². The predicted octanol–water partition coefficient (Wildman–Crippen LogP) is -0.0887. The Balaban J connectivity index is 2.15. The summed E-state index contributed by atoms with van der Waals surface area (Å²) in [5, 5.41) is 14.9. The van der Waals surface area contributed by atoms with E-state index in [1.54, 1.807) is 6.07 Å². The largest absolute Gasteiger partial charge is 0.311 e. The summed E-state index contributed by atoms with van der Waals surface area (Å²) in [6.45, 7) is 0. The quantitative estimate of drug-likeness (QED) is 0.272. The maximum Gasteiger partial charge on any atom is 0.259 e. The highest BCUT2D eigenvalue weighted by molar-refractivity contribution is 5.22. The molecule has 2 fully saturated rings. The first-order valence-corrected chi connectivity index (χ1v) is 3.90. The predicted molar refractivity (Wildman–Crippen MR) is 41.7 cm³/mol. The van der Waals surface area contributed by atoms with Crippen molar-refractivity contribution in [3.63, 3.8) is 0 Å². The molecule has 0 aromatic carbocycles. The van der Waals surface area contributed by atoms with Gasteiger partial charge in [0.25, 0.3) is 11.6 Å². The van der Waals surface area contributed by atoms with Gasteiger partial charge >= 0.3 is 0 Å². The fourth-order valence-corrected chi connectivity index (χ4v) is 1.13. The molecular formula is C6H8N6O. The van der Waals surface area contributed by atoms with Gasteiger partial charge in [-0.3, -0.25) is 11.1 Å². The zero-order chi connectivity index (χ0) is 9.53. The maximum absolute atomic E-state index is 8.64. The molecule has 68 valence electrons. The zero-order valence-corrected chi connectivity index (χ0v) is 6.77. The Hall–Kier alpha value is -1.32. The Morgan fingerprint density at radius 2 is 2.46 bits per heavy atom. The minimum absolute atomic E-state index is 0.254. The van der Waals surface area contributed by atoms with Crippen LogP contribution >= 0.6 is 0 Å². The molecule has 2 atom stereocenters. The first kappa shape index (κ1) is 8.29. The summed E-state index contributed by atoms with van der Waals surface area (Å²) >= 11 is 0. The number of azide groups is 1. The molecule has 0 amide bonds. The fourth-order valence-electron chi connectivity index (χ4n) is 1.13. The number of nitrogens with zero attached hydrogens (tertiary/aromatic N) is 4. The molecule has 1 aliphatic heterocycles. The van der Waals surface area contributed by atoms with E-state index in [9.17, 15) is 0 Å². The van der Waals surface area contributed by atoms with Crippen LogP contribution in [0.25, 0.3) is 10.4 Å². The Bertz CT molecular complexity index is 327. The second-order valence-electron chi connectivity index (χ2n) is 3.20. The molecule has 0 aromatic heterocycles. The minimum Gasteiger partial charge on any atom is -0.311 e. The van der Waals surface area contributed by atoms with Crippen molar-refractivity contribution in [2.75, 3.05) is 0 Å². The molecule has 0 bridgehead atoms. The summed E-state index contributed by atoms with van der Waals surface area (Å²) in [6, 6.07) is 2.01. The van der Waals surface area contributed by atoms with Gasteiger partial charge in [0, 0.05) is 11.0 Å². The van der Waals surface area contributed by atoms with Gasteiger partial charge in [-0.1, -0.05) is 0 Å². The van der Waals surface area contributed by atoms with E-state index < -0.39 is 11.6 Å². The zero-order valence-electron chi connectivity index (χ0n) is 6.77. The first-order valence-electron chi connectivity index (χ1n) is 3.90. The number of nitrogens with one attached hydrogen (secondary N) is 1. The Kier molecular flexibility index (Phi) is 1.49. The highest BCUT2D eigenvalue weighted by atomic mass is 16.7. The van der Waals surface area contributed by atoms with Crippen molar-refractivity contribution in [3.05, 3.63) is 10.4 Å². The van der Waals surface area contributed by atoms with Crippen molar-refractivity contribution in [2.24, 2.45) is 10.8 Å². The third-order valence-corrected chi connectivity index (χ3v) is 2.10. The highest BCUT2D eigenvalue weighted by Crippen LogP contribution is 2.44. The minimum atomic E-state index is -1.50. The Labute approximate surface area is 74.1 Å². The number of rotatable bonds is 3.